The lowest BCUT2D eigenvalue weighted by Gasteiger charge is -2.06. The van der Waals surface area contributed by atoms with Gasteiger partial charge in [0.15, 0.2) is 0 Å². The van der Waals surface area contributed by atoms with E-state index in [2.05, 4.69) is 0 Å². The van der Waals surface area contributed by atoms with Crippen molar-refractivity contribution in [2.24, 2.45) is 0 Å². The first-order valence-corrected chi connectivity index (χ1v) is 4.29. The van der Waals surface area contributed by atoms with Crippen LogP contribution in [0.2, 0.25) is 0 Å². The lowest BCUT2D eigenvalue weighted by atomic mass is 10.1. The van der Waals surface area contributed by atoms with Gasteiger partial charge in [0.2, 0.25) is 0 Å². The molecule has 1 aromatic rings. The van der Waals surface area contributed by atoms with Crippen LogP contribution < -0.4 is 5.73 Å². The average Bonchev–Trinajstić information content (AvgIpc) is 2.18. The lowest BCUT2D eigenvalue weighted by Crippen LogP contribution is -2.11. The zero-order chi connectivity index (χ0) is 10.6. The average molecular weight is 195 g/mol. The summed E-state index contributed by atoms with van der Waals surface area (Å²) in [5.74, 6) is -0.500. The Balaban J connectivity index is 2.83. The Morgan fingerprint density at radius 2 is 2.29 bits per heavy atom. The summed E-state index contributed by atoms with van der Waals surface area (Å²) in [6, 6.07) is 5.14. The van der Waals surface area contributed by atoms with Crippen LogP contribution in [0.4, 0.5) is 5.69 Å². The largest absolute Gasteiger partial charge is 0.460 e. The Morgan fingerprint density at radius 1 is 1.57 bits per heavy atom. The molecule has 0 atom stereocenters. The smallest absolute Gasteiger partial charge is 0.340 e. The Hall–Kier alpha value is -1.55. The number of benzene rings is 1. The van der Waals surface area contributed by atoms with Crippen molar-refractivity contribution in [3.8, 4) is 0 Å². The Morgan fingerprint density at radius 3 is 2.93 bits per heavy atom. The normalized spacial score (nSPS) is 9.86. The summed E-state index contributed by atoms with van der Waals surface area (Å²) < 4.78 is 4.74. The molecule has 4 heteroatoms. The molecule has 0 aliphatic carbocycles. The minimum absolute atomic E-state index is 0.00772. The van der Waals surface area contributed by atoms with Crippen LogP contribution in [0.15, 0.2) is 18.2 Å². The second-order valence-electron chi connectivity index (χ2n) is 2.95. The predicted octanol–water partition coefficient (Wildman–Crippen LogP) is 0.726. The van der Waals surface area contributed by atoms with E-state index in [1.54, 1.807) is 12.1 Å². The van der Waals surface area contributed by atoms with E-state index in [-0.39, 0.29) is 13.2 Å². The van der Waals surface area contributed by atoms with Gasteiger partial charge in [-0.15, -0.1) is 0 Å². The van der Waals surface area contributed by atoms with Crippen molar-refractivity contribution in [1.82, 2.24) is 0 Å². The number of anilines is 1. The van der Waals surface area contributed by atoms with E-state index in [9.17, 15) is 4.79 Å². The number of aryl methyl sites for hydroxylation is 1. The fourth-order valence-electron chi connectivity index (χ4n) is 1.06. The quantitative estimate of drug-likeness (QED) is 0.550. The third kappa shape index (κ3) is 2.47. The highest BCUT2D eigenvalue weighted by Crippen LogP contribution is 2.14. The van der Waals surface area contributed by atoms with Gasteiger partial charge in [0.05, 0.1) is 12.2 Å². The van der Waals surface area contributed by atoms with Gasteiger partial charge in [-0.05, 0) is 19.1 Å². The second kappa shape index (κ2) is 4.62. The van der Waals surface area contributed by atoms with Crippen molar-refractivity contribution in [1.29, 1.82) is 0 Å². The van der Waals surface area contributed by atoms with Crippen LogP contribution >= 0.6 is 0 Å². The van der Waals surface area contributed by atoms with Crippen LogP contribution in [0.25, 0.3) is 0 Å². The van der Waals surface area contributed by atoms with E-state index in [1.807, 2.05) is 13.0 Å². The monoisotopic (exact) mass is 195 g/mol. The molecule has 0 spiro atoms. The number of hydrogen-bond acceptors (Lipinski definition) is 4. The zero-order valence-corrected chi connectivity index (χ0v) is 7.99. The van der Waals surface area contributed by atoms with Gasteiger partial charge in [0.1, 0.15) is 6.61 Å². The molecular formula is C10H13NO3. The van der Waals surface area contributed by atoms with Gasteiger partial charge in [-0.2, -0.15) is 0 Å². The number of carbonyl (C=O) groups excluding carboxylic acids is 1. The van der Waals surface area contributed by atoms with E-state index in [0.29, 0.717) is 11.3 Å². The molecule has 1 aromatic carbocycles. The molecule has 0 aliphatic rings. The van der Waals surface area contributed by atoms with E-state index in [1.165, 1.54) is 0 Å². The van der Waals surface area contributed by atoms with E-state index < -0.39 is 5.97 Å². The molecule has 0 amide bonds. The van der Waals surface area contributed by atoms with Crippen molar-refractivity contribution in [2.75, 3.05) is 18.9 Å². The van der Waals surface area contributed by atoms with E-state index >= 15 is 0 Å². The zero-order valence-electron chi connectivity index (χ0n) is 7.99. The third-order valence-electron chi connectivity index (χ3n) is 1.75. The molecule has 1 rings (SSSR count). The van der Waals surface area contributed by atoms with Gasteiger partial charge in [0, 0.05) is 5.69 Å². The maximum atomic E-state index is 11.4. The van der Waals surface area contributed by atoms with Gasteiger partial charge in [-0.1, -0.05) is 11.6 Å². The SMILES string of the molecule is Cc1ccc(N)c(C(=O)OCCO)c1. The van der Waals surface area contributed by atoms with Crippen LogP contribution in [-0.4, -0.2) is 24.3 Å². The minimum Gasteiger partial charge on any atom is -0.460 e. The first-order valence-electron chi connectivity index (χ1n) is 4.29. The summed E-state index contributed by atoms with van der Waals surface area (Å²) in [7, 11) is 0. The van der Waals surface area contributed by atoms with Gasteiger partial charge in [0.25, 0.3) is 0 Å². The number of aliphatic hydroxyl groups is 1. The molecule has 76 valence electrons. The molecule has 0 saturated carbocycles. The van der Waals surface area contributed by atoms with E-state index in [4.69, 9.17) is 15.6 Å². The van der Waals surface area contributed by atoms with Crippen LogP contribution in [-0.2, 0) is 4.74 Å². The van der Waals surface area contributed by atoms with Gasteiger partial charge in [-0.3, -0.25) is 0 Å². The van der Waals surface area contributed by atoms with Crippen LogP contribution in [0.5, 0.6) is 0 Å². The van der Waals surface area contributed by atoms with Crippen molar-refractivity contribution in [3.05, 3.63) is 29.3 Å². The van der Waals surface area contributed by atoms with Crippen molar-refractivity contribution in [3.63, 3.8) is 0 Å². The Kier molecular flexibility index (Phi) is 3.48. The van der Waals surface area contributed by atoms with Crippen molar-refractivity contribution < 1.29 is 14.6 Å². The summed E-state index contributed by atoms with van der Waals surface area (Å²) in [4.78, 5) is 11.4. The van der Waals surface area contributed by atoms with Crippen LogP contribution in [0.1, 0.15) is 15.9 Å². The molecule has 4 nitrogen and oxygen atoms in total. The van der Waals surface area contributed by atoms with E-state index in [0.717, 1.165) is 5.56 Å². The molecule has 0 aromatic heterocycles. The molecule has 14 heavy (non-hydrogen) atoms. The number of ether oxygens (including phenoxy) is 1. The molecule has 0 aliphatic heterocycles. The summed E-state index contributed by atoms with van der Waals surface area (Å²) in [5.41, 5.74) is 7.27. The minimum atomic E-state index is -0.500. The molecule has 0 fully saturated rings. The standard InChI is InChI=1S/C10H13NO3/c1-7-2-3-9(11)8(6-7)10(13)14-5-4-12/h2-3,6,12H,4-5,11H2,1H3. The lowest BCUT2D eigenvalue weighted by molar-refractivity contribution is 0.0435. The number of nitrogen functional groups attached to an aromatic ring is 1. The number of hydrogen-bond donors (Lipinski definition) is 2. The first kappa shape index (κ1) is 10.5. The van der Waals surface area contributed by atoms with Gasteiger partial charge in [-0.25, -0.2) is 4.79 Å². The molecular weight excluding hydrogens is 182 g/mol. The highest BCUT2D eigenvalue weighted by Gasteiger charge is 2.10. The molecule has 0 heterocycles. The number of rotatable bonds is 3. The number of esters is 1. The third-order valence-corrected chi connectivity index (χ3v) is 1.75. The highest BCUT2D eigenvalue weighted by atomic mass is 16.5. The summed E-state index contributed by atoms with van der Waals surface area (Å²) in [6.07, 6.45) is 0. The molecule has 0 saturated heterocycles. The summed E-state index contributed by atoms with van der Waals surface area (Å²) in [6.45, 7) is 1.67. The van der Waals surface area contributed by atoms with Gasteiger partial charge < -0.3 is 15.6 Å². The molecule has 0 radical (unpaired) electrons. The number of aliphatic hydroxyl groups excluding tert-OH is 1. The number of carbonyl (C=O) groups is 1. The molecule has 0 unspecified atom stereocenters. The van der Waals surface area contributed by atoms with Crippen molar-refractivity contribution in [2.45, 2.75) is 6.92 Å². The van der Waals surface area contributed by atoms with Crippen LogP contribution in [0.3, 0.4) is 0 Å². The van der Waals surface area contributed by atoms with Gasteiger partial charge >= 0.3 is 5.97 Å². The maximum absolute atomic E-state index is 11.4. The molecule has 0 bridgehead atoms. The molecule has 3 N–H and O–H groups in total. The highest BCUT2D eigenvalue weighted by molar-refractivity contribution is 5.95. The summed E-state index contributed by atoms with van der Waals surface area (Å²) >= 11 is 0. The Bertz CT molecular complexity index is 336. The maximum Gasteiger partial charge on any atom is 0.340 e. The first-order chi connectivity index (χ1) is 6.65. The number of nitrogens with two attached hydrogens (primary N) is 1. The second-order valence-corrected chi connectivity index (χ2v) is 2.95. The topological polar surface area (TPSA) is 72.6 Å². The Labute approximate surface area is 82.3 Å². The summed E-state index contributed by atoms with van der Waals surface area (Å²) in [5, 5.41) is 8.48. The fraction of sp³-hybridized carbons (Fsp3) is 0.300. The predicted molar refractivity (Wildman–Crippen MR) is 53.0 cm³/mol. The van der Waals surface area contributed by atoms with Crippen molar-refractivity contribution >= 4 is 11.7 Å². The van der Waals surface area contributed by atoms with Crippen LogP contribution in [0, 0.1) is 6.92 Å². The fourth-order valence-corrected chi connectivity index (χ4v) is 1.06.